The van der Waals surface area contributed by atoms with Gasteiger partial charge in [0.05, 0.1) is 18.6 Å². The van der Waals surface area contributed by atoms with Crippen molar-refractivity contribution in [2.75, 3.05) is 6.61 Å². The van der Waals surface area contributed by atoms with E-state index < -0.39 is 5.97 Å². The van der Waals surface area contributed by atoms with Crippen LogP contribution in [0, 0.1) is 0 Å². The fourth-order valence-corrected chi connectivity index (χ4v) is 3.73. The molecule has 2 aromatic carbocycles. The topological polar surface area (TPSA) is 87.2 Å². The fraction of sp³-hybridized carbons (Fsp3) is 0.217. The highest BCUT2D eigenvalue weighted by molar-refractivity contribution is 6.20. The summed E-state index contributed by atoms with van der Waals surface area (Å²) in [7, 11) is 0. The highest BCUT2D eigenvalue weighted by Gasteiger charge is 2.37. The number of benzene rings is 2. The number of aromatic nitrogens is 3. The first-order valence-corrected chi connectivity index (χ1v) is 9.90. The molecular weight excluding hydrogens is 382 g/mol. The van der Waals surface area contributed by atoms with Crippen LogP contribution >= 0.6 is 0 Å². The summed E-state index contributed by atoms with van der Waals surface area (Å²) in [6.45, 7) is 1.91. The Labute approximate surface area is 172 Å². The van der Waals surface area contributed by atoms with Gasteiger partial charge in [-0.15, -0.1) is 0 Å². The molecule has 4 aromatic rings. The van der Waals surface area contributed by atoms with Crippen LogP contribution in [0.4, 0.5) is 0 Å². The number of ketones is 1. The van der Waals surface area contributed by atoms with Crippen LogP contribution < -0.4 is 0 Å². The number of fused-ring (bicyclic) bond motifs is 1. The lowest BCUT2D eigenvalue weighted by molar-refractivity contribution is 0.0512. The second-order valence-corrected chi connectivity index (χ2v) is 7.24. The van der Waals surface area contributed by atoms with Crippen molar-refractivity contribution in [1.82, 2.24) is 14.7 Å². The molecule has 150 valence electrons. The van der Waals surface area contributed by atoms with Crippen LogP contribution in [0.25, 0.3) is 16.5 Å². The highest BCUT2D eigenvalue weighted by Crippen LogP contribution is 2.43. The van der Waals surface area contributed by atoms with Crippen LogP contribution in [-0.2, 0) is 4.74 Å². The molecule has 30 heavy (non-hydrogen) atoms. The molecule has 0 amide bonds. The molecule has 0 spiro atoms. The van der Waals surface area contributed by atoms with Crippen LogP contribution in [0.3, 0.4) is 0 Å². The molecule has 0 radical (unpaired) electrons. The van der Waals surface area contributed by atoms with Crippen molar-refractivity contribution >= 4 is 22.5 Å². The van der Waals surface area contributed by atoms with Crippen molar-refractivity contribution in [3.63, 3.8) is 0 Å². The Morgan fingerprint density at radius 3 is 2.67 bits per heavy atom. The Balaban J connectivity index is 1.67. The summed E-state index contributed by atoms with van der Waals surface area (Å²) in [6, 6.07) is 11.3. The molecular formula is C23H19N3O4. The van der Waals surface area contributed by atoms with Crippen molar-refractivity contribution in [2.24, 2.45) is 0 Å². The van der Waals surface area contributed by atoms with Gasteiger partial charge in [0.15, 0.2) is 11.5 Å². The Morgan fingerprint density at radius 2 is 1.97 bits per heavy atom. The van der Waals surface area contributed by atoms with Crippen LogP contribution in [0.1, 0.15) is 57.9 Å². The van der Waals surface area contributed by atoms with Gasteiger partial charge in [0.25, 0.3) is 0 Å². The third-order valence-electron chi connectivity index (χ3n) is 5.29. The first-order chi connectivity index (χ1) is 14.7. The molecule has 1 aliphatic carbocycles. The van der Waals surface area contributed by atoms with Crippen molar-refractivity contribution in [3.05, 3.63) is 77.7 Å². The van der Waals surface area contributed by atoms with Crippen molar-refractivity contribution < 1.29 is 18.8 Å². The number of rotatable bonds is 6. The van der Waals surface area contributed by atoms with Gasteiger partial charge in [0, 0.05) is 29.3 Å². The first kappa shape index (κ1) is 18.3. The first-order valence-electron chi connectivity index (χ1n) is 9.90. The van der Waals surface area contributed by atoms with Crippen molar-refractivity contribution in [3.8, 4) is 5.69 Å². The van der Waals surface area contributed by atoms with E-state index in [-0.39, 0.29) is 29.6 Å². The molecule has 0 aliphatic heterocycles. The Morgan fingerprint density at radius 1 is 1.17 bits per heavy atom. The predicted octanol–water partition coefficient (Wildman–Crippen LogP) is 4.30. The van der Waals surface area contributed by atoms with Gasteiger partial charge < -0.3 is 13.8 Å². The van der Waals surface area contributed by atoms with E-state index in [9.17, 15) is 9.59 Å². The van der Waals surface area contributed by atoms with Gasteiger partial charge in [-0.3, -0.25) is 4.79 Å². The lowest BCUT2D eigenvalue weighted by atomic mass is 9.94. The van der Waals surface area contributed by atoms with Crippen LogP contribution in [-0.4, -0.2) is 33.1 Å². The minimum absolute atomic E-state index is 0.0495. The molecule has 0 saturated heterocycles. The third kappa shape index (κ3) is 2.99. The highest BCUT2D eigenvalue weighted by atomic mass is 16.5. The number of ether oxygens (including phenoxy) is 1. The summed E-state index contributed by atoms with van der Waals surface area (Å²) < 4.78 is 12.4. The summed E-state index contributed by atoms with van der Waals surface area (Å²) in [5.74, 6) is -0.327. The molecule has 0 bridgehead atoms. The number of esters is 1. The lowest BCUT2D eigenvalue weighted by Crippen LogP contribution is -2.13. The van der Waals surface area contributed by atoms with E-state index in [1.165, 1.54) is 0 Å². The lowest BCUT2D eigenvalue weighted by Gasteiger charge is -2.12. The summed E-state index contributed by atoms with van der Waals surface area (Å²) in [6.07, 6.45) is 7.11. The fourth-order valence-electron chi connectivity index (χ4n) is 3.73. The maximum Gasteiger partial charge on any atom is 0.361 e. The molecule has 0 unspecified atom stereocenters. The zero-order valence-corrected chi connectivity index (χ0v) is 16.4. The normalized spacial score (nSPS) is 13.5. The zero-order chi connectivity index (χ0) is 20.7. The molecule has 0 N–H and O–H groups in total. The van der Waals surface area contributed by atoms with Gasteiger partial charge in [-0.1, -0.05) is 29.4 Å². The molecule has 1 aliphatic rings. The van der Waals surface area contributed by atoms with Crippen LogP contribution in [0.15, 0.2) is 59.6 Å². The number of hydrogen-bond donors (Lipinski definition) is 0. The molecule has 0 atom stereocenters. The molecule has 5 rings (SSSR count). The van der Waals surface area contributed by atoms with Crippen LogP contribution in [0.5, 0.6) is 0 Å². The number of imidazole rings is 1. The Hall–Kier alpha value is -3.74. The SMILES string of the molecule is CCOC(=O)c1noc(C2CC2)c1C(=O)c1ccc(-n2ccnc2)c2ccccc12. The molecule has 2 heterocycles. The van der Waals surface area contributed by atoms with Gasteiger partial charge in [0.1, 0.15) is 5.56 Å². The van der Waals surface area contributed by atoms with E-state index in [0.717, 1.165) is 29.3 Å². The third-order valence-corrected chi connectivity index (χ3v) is 5.29. The van der Waals surface area contributed by atoms with Gasteiger partial charge in [-0.2, -0.15) is 0 Å². The van der Waals surface area contributed by atoms with E-state index in [4.69, 9.17) is 9.26 Å². The standard InChI is InChI=1S/C23H19N3O4/c1-2-29-23(28)20-19(22(30-25-20)14-7-8-14)21(27)17-9-10-18(26-12-11-24-13-26)16-6-4-3-5-15(16)17/h3-6,9-14H,2,7-8H2,1H3. The van der Waals surface area contributed by atoms with Gasteiger partial charge >= 0.3 is 5.97 Å². The molecule has 2 aromatic heterocycles. The summed E-state index contributed by atoms with van der Waals surface area (Å²) in [4.78, 5) is 30.2. The minimum Gasteiger partial charge on any atom is -0.461 e. The number of nitrogens with zero attached hydrogens (tertiary/aromatic N) is 3. The van der Waals surface area contributed by atoms with Gasteiger partial charge in [0.2, 0.25) is 5.69 Å². The second kappa shape index (κ2) is 7.26. The molecule has 7 heteroatoms. The second-order valence-electron chi connectivity index (χ2n) is 7.24. The maximum absolute atomic E-state index is 13.7. The summed E-state index contributed by atoms with van der Waals surface area (Å²) in [5, 5.41) is 5.59. The number of carbonyl (C=O) groups is 2. The number of carbonyl (C=O) groups excluding carboxylic acids is 2. The average Bonchev–Trinajstić information content (AvgIpc) is 3.28. The predicted molar refractivity (Wildman–Crippen MR) is 109 cm³/mol. The Kier molecular flexibility index (Phi) is 4.43. The quantitative estimate of drug-likeness (QED) is 0.354. The summed E-state index contributed by atoms with van der Waals surface area (Å²) >= 11 is 0. The minimum atomic E-state index is -0.643. The van der Waals surface area contributed by atoms with E-state index >= 15 is 0 Å². The summed E-state index contributed by atoms with van der Waals surface area (Å²) in [5.41, 5.74) is 1.58. The number of hydrogen-bond acceptors (Lipinski definition) is 6. The van der Waals surface area contributed by atoms with Gasteiger partial charge in [-0.25, -0.2) is 9.78 Å². The molecule has 1 fully saturated rings. The van der Waals surface area contributed by atoms with Crippen molar-refractivity contribution in [2.45, 2.75) is 25.7 Å². The monoisotopic (exact) mass is 401 g/mol. The zero-order valence-electron chi connectivity index (χ0n) is 16.4. The average molecular weight is 401 g/mol. The largest absolute Gasteiger partial charge is 0.461 e. The van der Waals surface area contributed by atoms with E-state index in [0.29, 0.717) is 11.3 Å². The van der Waals surface area contributed by atoms with Crippen molar-refractivity contribution in [1.29, 1.82) is 0 Å². The molecule has 1 saturated carbocycles. The van der Waals surface area contributed by atoms with E-state index in [2.05, 4.69) is 10.1 Å². The molecule has 7 nitrogen and oxygen atoms in total. The van der Waals surface area contributed by atoms with E-state index in [1.54, 1.807) is 25.5 Å². The Bertz CT molecular complexity index is 1250. The smallest absolute Gasteiger partial charge is 0.361 e. The van der Waals surface area contributed by atoms with Crippen LogP contribution in [0.2, 0.25) is 0 Å². The van der Waals surface area contributed by atoms with E-state index in [1.807, 2.05) is 41.1 Å². The van der Waals surface area contributed by atoms with Gasteiger partial charge in [-0.05, 0) is 37.3 Å². The maximum atomic E-state index is 13.7.